The molecule has 0 amide bonds. The highest BCUT2D eigenvalue weighted by Crippen LogP contribution is 2.36. The Balaban J connectivity index is 1.40. The van der Waals surface area contributed by atoms with E-state index in [1.807, 2.05) is 0 Å². The molecule has 0 aromatic rings. The van der Waals surface area contributed by atoms with Gasteiger partial charge in [0.1, 0.15) is 128 Å². The van der Waals surface area contributed by atoms with Crippen molar-refractivity contribution in [3.8, 4) is 0 Å². The Morgan fingerprint density at radius 3 is 1.26 bits per heavy atom. The SMILES string of the molecule is OC[C@@H](O)[C@H]1O[C@@H](O[C@@H]2[C@@H](O)[C@@H](O[C@@H]3[C@@H](O)[C@H](O)[C@@H](CO)O[C@@H]3O)O[C@H](CO)[C@H]2O)[C@@H](O)[C@@H](O[C@H]2O[C@H](CO)[C@H](O)[C@H](O)[C@H]2O[C@H]2O[C@H](CO)[C@H](O)[C@H](O)[C@H]2O)[C@@H]1O. The molecule has 5 rings (SSSR count). The minimum absolute atomic E-state index is 0.822. The molecule has 5 aliphatic rings. The van der Waals surface area contributed by atoms with Crippen molar-refractivity contribution in [2.24, 2.45) is 0 Å². The number of hydrogen-bond donors (Lipinski definition) is 18. The molecule has 18 N–H and O–H groups in total. The van der Waals surface area contributed by atoms with Gasteiger partial charge in [-0.3, -0.25) is 0 Å². The summed E-state index contributed by atoms with van der Waals surface area (Å²) in [6.07, 6.45) is -51.0. The number of ether oxygens (including phenoxy) is 9. The van der Waals surface area contributed by atoms with E-state index in [2.05, 4.69) is 0 Å². The van der Waals surface area contributed by atoms with Crippen LogP contribution in [0.4, 0.5) is 0 Å². The number of hydrogen-bond acceptors (Lipinski definition) is 27. The van der Waals surface area contributed by atoms with Crippen molar-refractivity contribution in [3.05, 3.63) is 0 Å². The predicted molar refractivity (Wildman–Crippen MR) is 173 cm³/mol. The maximum absolute atomic E-state index is 11.5. The zero-order valence-electron chi connectivity index (χ0n) is 30.3. The van der Waals surface area contributed by atoms with Gasteiger partial charge in [-0.1, -0.05) is 0 Å². The second-order valence-corrected chi connectivity index (χ2v) is 14.4. The highest BCUT2D eigenvalue weighted by atomic mass is 16.8. The summed E-state index contributed by atoms with van der Waals surface area (Å²) in [7, 11) is 0. The summed E-state index contributed by atoms with van der Waals surface area (Å²) >= 11 is 0. The molecule has 27 heteroatoms. The molecule has 26 atom stereocenters. The lowest BCUT2D eigenvalue weighted by Crippen LogP contribution is -2.69. The van der Waals surface area contributed by atoms with Crippen molar-refractivity contribution in [1.82, 2.24) is 0 Å². The Bertz CT molecular complexity index is 1260. The quantitative estimate of drug-likeness (QED) is 0.0771. The number of aliphatic hydroxyl groups excluding tert-OH is 18. The van der Waals surface area contributed by atoms with Gasteiger partial charge in [-0.25, -0.2) is 0 Å². The highest BCUT2D eigenvalue weighted by molar-refractivity contribution is 5.00. The molecular formula is C31H54O27. The van der Waals surface area contributed by atoms with Crippen molar-refractivity contribution in [3.63, 3.8) is 0 Å². The van der Waals surface area contributed by atoms with Crippen molar-refractivity contribution < 1.29 is 135 Å². The fourth-order valence-electron chi connectivity index (χ4n) is 7.21. The van der Waals surface area contributed by atoms with Crippen LogP contribution in [0.2, 0.25) is 0 Å². The third kappa shape index (κ3) is 9.61. The average molecular weight is 859 g/mol. The minimum Gasteiger partial charge on any atom is -0.394 e. The topological polar surface area (TPSA) is 447 Å². The first-order valence-electron chi connectivity index (χ1n) is 18.2. The summed E-state index contributed by atoms with van der Waals surface area (Å²) in [4.78, 5) is 0. The lowest BCUT2D eigenvalue weighted by atomic mass is 9.93. The van der Waals surface area contributed by atoms with Gasteiger partial charge in [-0.15, -0.1) is 0 Å². The van der Waals surface area contributed by atoms with E-state index >= 15 is 0 Å². The van der Waals surface area contributed by atoms with Gasteiger partial charge < -0.3 is 135 Å². The Kier molecular flexibility index (Phi) is 16.9. The van der Waals surface area contributed by atoms with E-state index in [0.29, 0.717) is 0 Å². The fraction of sp³-hybridized carbons (Fsp3) is 1.00. The Morgan fingerprint density at radius 2 is 0.724 bits per heavy atom. The third-order valence-corrected chi connectivity index (χ3v) is 10.6. The molecule has 0 aromatic carbocycles. The van der Waals surface area contributed by atoms with Gasteiger partial charge in [-0.2, -0.15) is 0 Å². The van der Waals surface area contributed by atoms with Gasteiger partial charge in [0.05, 0.1) is 33.0 Å². The molecule has 27 nitrogen and oxygen atoms in total. The van der Waals surface area contributed by atoms with Crippen LogP contribution >= 0.6 is 0 Å². The normalized spacial score (nSPS) is 52.3. The van der Waals surface area contributed by atoms with E-state index in [4.69, 9.17) is 42.6 Å². The van der Waals surface area contributed by atoms with E-state index in [0.717, 1.165) is 0 Å². The van der Waals surface area contributed by atoms with Crippen LogP contribution in [0.1, 0.15) is 0 Å². The maximum atomic E-state index is 11.5. The molecule has 58 heavy (non-hydrogen) atoms. The molecule has 340 valence electrons. The van der Waals surface area contributed by atoms with E-state index in [1.165, 1.54) is 0 Å². The molecule has 0 bridgehead atoms. The first kappa shape index (κ1) is 48.0. The zero-order valence-corrected chi connectivity index (χ0v) is 30.3. The molecule has 5 fully saturated rings. The van der Waals surface area contributed by atoms with E-state index in [9.17, 15) is 91.9 Å². The second-order valence-electron chi connectivity index (χ2n) is 14.4. The fourth-order valence-corrected chi connectivity index (χ4v) is 7.21. The first-order valence-corrected chi connectivity index (χ1v) is 18.2. The molecule has 0 spiro atoms. The number of rotatable bonds is 14. The molecular weight excluding hydrogens is 804 g/mol. The van der Waals surface area contributed by atoms with Crippen LogP contribution in [0.3, 0.4) is 0 Å². The Labute approximate surface area is 327 Å². The second kappa shape index (κ2) is 20.4. The Morgan fingerprint density at radius 1 is 0.345 bits per heavy atom. The van der Waals surface area contributed by atoms with Gasteiger partial charge in [0.15, 0.2) is 31.5 Å². The minimum atomic E-state index is -2.29. The van der Waals surface area contributed by atoms with Crippen LogP contribution < -0.4 is 0 Å². The smallest absolute Gasteiger partial charge is 0.187 e. The van der Waals surface area contributed by atoms with Gasteiger partial charge in [0, 0.05) is 0 Å². The number of aliphatic hydroxyl groups is 18. The largest absolute Gasteiger partial charge is 0.394 e. The van der Waals surface area contributed by atoms with E-state index < -0.39 is 193 Å². The lowest BCUT2D eigenvalue weighted by molar-refractivity contribution is -0.402. The monoisotopic (exact) mass is 858 g/mol. The third-order valence-electron chi connectivity index (χ3n) is 10.6. The summed E-state index contributed by atoms with van der Waals surface area (Å²) in [6, 6.07) is 0. The van der Waals surface area contributed by atoms with Crippen LogP contribution in [-0.2, 0) is 42.6 Å². The van der Waals surface area contributed by atoms with Gasteiger partial charge in [-0.05, 0) is 0 Å². The molecule has 0 saturated carbocycles. The summed E-state index contributed by atoms with van der Waals surface area (Å²) in [5, 5.41) is 188. The van der Waals surface area contributed by atoms with Crippen LogP contribution in [-0.4, -0.2) is 285 Å². The molecule has 5 aliphatic heterocycles. The molecule has 0 radical (unpaired) electrons. The lowest BCUT2D eigenvalue weighted by Gasteiger charge is -2.50. The van der Waals surface area contributed by atoms with Gasteiger partial charge >= 0.3 is 0 Å². The predicted octanol–water partition coefficient (Wildman–Crippen LogP) is -12.6. The van der Waals surface area contributed by atoms with Crippen molar-refractivity contribution in [1.29, 1.82) is 0 Å². The molecule has 0 unspecified atom stereocenters. The molecule has 5 heterocycles. The van der Waals surface area contributed by atoms with Crippen LogP contribution in [0.25, 0.3) is 0 Å². The van der Waals surface area contributed by atoms with Crippen LogP contribution in [0, 0.1) is 0 Å². The highest BCUT2D eigenvalue weighted by Gasteiger charge is 2.57. The maximum Gasteiger partial charge on any atom is 0.187 e. The molecule has 0 aromatic heterocycles. The molecule has 5 saturated heterocycles. The van der Waals surface area contributed by atoms with E-state index in [-0.39, 0.29) is 0 Å². The van der Waals surface area contributed by atoms with Crippen molar-refractivity contribution >= 4 is 0 Å². The van der Waals surface area contributed by atoms with Crippen LogP contribution in [0.15, 0.2) is 0 Å². The van der Waals surface area contributed by atoms with Crippen LogP contribution in [0.5, 0.6) is 0 Å². The Hall–Kier alpha value is -1.08. The summed E-state index contributed by atoms with van der Waals surface area (Å²) < 4.78 is 49.4. The van der Waals surface area contributed by atoms with Gasteiger partial charge in [0.2, 0.25) is 0 Å². The van der Waals surface area contributed by atoms with Gasteiger partial charge in [0.25, 0.3) is 0 Å². The first-order chi connectivity index (χ1) is 27.4. The average Bonchev–Trinajstić information content (AvgIpc) is 3.21. The summed E-state index contributed by atoms with van der Waals surface area (Å²) in [5.41, 5.74) is 0. The molecule has 0 aliphatic carbocycles. The van der Waals surface area contributed by atoms with Crippen molar-refractivity contribution in [2.45, 2.75) is 160 Å². The standard InChI is InChI=1S/C31H54O27/c32-1-6(37)22-19(46)24(56-31-26(17(44)13(40)9(4-35)53-31)58-28-18(45)15(42)11(38)8(3-34)51-28)21(48)30(54-22)55-23-14(41)10(5-36)52-29(20(23)47)57-25-16(43)12(39)7(2-33)50-27(25)49/h6-49H,1-5H2/t6-,7-,8-,9-,10-,11+,12-,13+,14-,15+,16+,17+,18-,19-,20-,21+,22-,23+,24+,25-,26-,27+,28-,29-,30+,31-/m1/s1. The van der Waals surface area contributed by atoms with E-state index in [1.54, 1.807) is 0 Å². The summed E-state index contributed by atoms with van der Waals surface area (Å²) in [6.45, 7) is -4.78. The van der Waals surface area contributed by atoms with Crippen molar-refractivity contribution in [2.75, 3.05) is 33.0 Å². The summed E-state index contributed by atoms with van der Waals surface area (Å²) in [5.74, 6) is 0. The zero-order chi connectivity index (χ0) is 42.9.